The molecular weight excluding hydrogens is 508 g/mol. The van der Waals surface area contributed by atoms with Crippen LogP contribution < -0.4 is 10.6 Å². The number of halogens is 2. The first-order valence-electron chi connectivity index (χ1n) is 12.7. The van der Waals surface area contributed by atoms with Gasteiger partial charge in [-0.3, -0.25) is 9.48 Å². The molecule has 0 saturated carbocycles. The summed E-state index contributed by atoms with van der Waals surface area (Å²) in [6.07, 6.45) is 0.986. The Labute approximate surface area is 224 Å². The summed E-state index contributed by atoms with van der Waals surface area (Å²) in [6.45, 7) is 2.40. The summed E-state index contributed by atoms with van der Waals surface area (Å²) < 4.78 is 27.3. The van der Waals surface area contributed by atoms with Crippen LogP contribution in [0.15, 0.2) is 30.6 Å². The van der Waals surface area contributed by atoms with Crippen LogP contribution in [0.2, 0.25) is 0 Å². The molecule has 1 fully saturated rings. The van der Waals surface area contributed by atoms with E-state index in [9.17, 15) is 23.9 Å². The molecule has 3 aromatic rings. The molecule has 5 rings (SSSR count). The molecule has 4 heterocycles. The molecule has 1 amide bonds. The number of nitrogens with one attached hydrogen (secondary N) is 2. The van der Waals surface area contributed by atoms with Gasteiger partial charge in [-0.15, -0.1) is 0 Å². The number of likely N-dealkylation sites (N-methyl/N-ethyl adjacent to an activating group) is 1. The molecule has 0 bridgehead atoms. The fraction of sp³-hybridized carbons (Fsp3) is 0.423. The molecule has 0 aliphatic carbocycles. The van der Waals surface area contributed by atoms with Gasteiger partial charge in [-0.1, -0.05) is 0 Å². The molecule has 2 aliphatic heterocycles. The van der Waals surface area contributed by atoms with Crippen molar-refractivity contribution < 1.29 is 18.7 Å². The van der Waals surface area contributed by atoms with Crippen LogP contribution in [0.25, 0.3) is 11.3 Å². The van der Waals surface area contributed by atoms with Gasteiger partial charge in [0.25, 0.3) is 12.3 Å². The number of benzene rings is 1. The Hall–Kier alpha value is -4.15. The lowest BCUT2D eigenvalue weighted by molar-refractivity contribution is 0.0655. The Bertz CT molecular complexity index is 1400. The molecule has 1 atom stereocenters. The van der Waals surface area contributed by atoms with E-state index >= 15 is 0 Å². The van der Waals surface area contributed by atoms with Crippen molar-refractivity contribution in [3.8, 4) is 17.3 Å². The fourth-order valence-corrected chi connectivity index (χ4v) is 4.90. The van der Waals surface area contributed by atoms with Crippen molar-refractivity contribution in [2.45, 2.75) is 25.3 Å². The summed E-state index contributed by atoms with van der Waals surface area (Å²) in [7, 11) is 1.97. The Kier molecular flexibility index (Phi) is 7.67. The lowest BCUT2D eigenvalue weighted by Crippen LogP contribution is -2.47. The van der Waals surface area contributed by atoms with Gasteiger partial charge in [0.2, 0.25) is 5.95 Å². The molecule has 13 heteroatoms. The van der Waals surface area contributed by atoms with E-state index in [-0.39, 0.29) is 35.8 Å². The van der Waals surface area contributed by atoms with Crippen LogP contribution in [0, 0.1) is 11.3 Å². The zero-order chi connectivity index (χ0) is 27.5. The summed E-state index contributed by atoms with van der Waals surface area (Å²) in [5, 5.41) is 30.0. The molecule has 1 saturated heterocycles. The van der Waals surface area contributed by atoms with E-state index in [1.807, 2.05) is 13.1 Å². The number of nitrogens with zero attached hydrogens (tertiary/aromatic N) is 7. The quantitative estimate of drug-likeness (QED) is 0.415. The van der Waals surface area contributed by atoms with Gasteiger partial charge in [-0.25, -0.2) is 18.7 Å². The molecule has 0 unspecified atom stereocenters. The van der Waals surface area contributed by atoms with Crippen LogP contribution in [0.4, 0.5) is 26.1 Å². The number of hydrogen-bond donors (Lipinski definition) is 3. The highest BCUT2D eigenvalue weighted by atomic mass is 19.3. The smallest absolute Gasteiger partial charge is 0.276 e. The maximum absolute atomic E-state index is 13.3. The van der Waals surface area contributed by atoms with Crippen LogP contribution >= 0.6 is 0 Å². The minimum atomic E-state index is -2.64. The number of carbonyl (C=O) groups excluding carboxylic acids is 1. The Morgan fingerprint density at radius 2 is 2.10 bits per heavy atom. The number of fused-ring (bicyclic) bond motifs is 1. The second-order valence-corrected chi connectivity index (χ2v) is 9.69. The van der Waals surface area contributed by atoms with Gasteiger partial charge in [-0.05, 0) is 37.2 Å². The topological polar surface area (TPSA) is 135 Å². The summed E-state index contributed by atoms with van der Waals surface area (Å²) in [6, 6.07) is 7.53. The average molecular weight is 538 g/mol. The van der Waals surface area contributed by atoms with Gasteiger partial charge < -0.3 is 25.5 Å². The Balaban J connectivity index is 1.46. The van der Waals surface area contributed by atoms with Gasteiger partial charge >= 0.3 is 0 Å². The third-order valence-electron chi connectivity index (χ3n) is 7.02. The van der Waals surface area contributed by atoms with E-state index < -0.39 is 13.0 Å². The van der Waals surface area contributed by atoms with E-state index in [1.54, 1.807) is 17.0 Å². The number of aliphatic hydroxyl groups is 1. The van der Waals surface area contributed by atoms with Crippen molar-refractivity contribution in [1.29, 1.82) is 5.26 Å². The molecule has 2 aromatic heterocycles. The number of nitriles is 1. The van der Waals surface area contributed by atoms with Crippen molar-refractivity contribution in [3.05, 3.63) is 47.4 Å². The standard InChI is InChI=1S/C26H29F2N9O2/c1-35-6-8-36(9-7-35)25(39)24-21(13-37(34-24)14-22(27)28)33-26-31-5-3-20(32-26)17-10-18(12-29)23-19(11-17)16(15-38)2-4-30-23/h3,5,10-11,13,16,22,30,38H,2,4,6-9,14-15H2,1H3,(H,31,32,33)/t16-/m0/s1. The monoisotopic (exact) mass is 537 g/mol. The van der Waals surface area contributed by atoms with E-state index in [2.05, 4.69) is 36.7 Å². The molecule has 0 radical (unpaired) electrons. The number of aliphatic hydroxyl groups excluding tert-OH is 1. The van der Waals surface area contributed by atoms with Gasteiger partial charge in [0.15, 0.2) is 5.69 Å². The third kappa shape index (κ3) is 5.67. The fourth-order valence-electron chi connectivity index (χ4n) is 4.90. The van der Waals surface area contributed by atoms with Gasteiger partial charge in [0, 0.05) is 56.6 Å². The highest BCUT2D eigenvalue weighted by molar-refractivity contribution is 5.98. The van der Waals surface area contributed by atoms with E-state index in [1.165, 1.54) is 12.4 Å². The number of anilines is 3. The lowest BCUT2D eigenvalue weighted by atomic mass is 9.87. The number of aromatic nitrogens is 4. The van der Waals surface area contributed by atoms with Crippen molar-refractivity contribution in [3.63, 3.8) is 0 Å². The van der Waals surface area contributed by atoms with Crippen LogP contribution in [-0.2, 0) is 6.54 Å². The van der Waals surface area contributed by atoms with Crippen LogP contribution in [0.5, 0.6) is 0 Å². The maximum atomic E-state index is 13.3. The molecular formula is C26H29F2N9O2. The van der Waals surface area contributed by atoms with Crippen molar-refractivity contribution in [1.82, 2.24) is 29.5 Å². The maximum Gasteiger partial charge on any atom is 0.276 e. The van der Waals surface area contributed by atoms with Gasteiger partial charge in [-0.2, -0.15) is 10.4 Å². The largest absolute Gasteiger partial charge is 0.396 e. The molecule has 11 nitrogen and oxygen atoms in total. The van der Waals surface area contributed by atoms with E-state index in [4.69, 9.17) is 0 Å². The predicted molar refractivity (Wildman–Crippen MR) is 140 cm³/mol. The summed E-state index contributed by atoms with van der Waals surface area (Å²) in [5.41, 5.74) is 3.44. The molecule has 3 N–H and O–H groups in total. The Morgan fingerprint density at radius 3 is 2.82 bits per heavy atom. The minimum absolute atomic E-state index is 0.0200. The molecule has 1 aromatic carbocycles. The highest BCUT2D eigenvalue weighted by Crippen LogP contribution is 2.37. The normalized spacial score (nSPS) is 17.4. The Morgan fingerprint density at radius 1 is 1.31 bits per heavy atom. The average Bonchev–Trinajstić information content (AvgIpc) is 3.33. The van der Waals surface area contributed by atoms with Crippen LogP contribution in [0.3, 0.4) is 0 Å². The summed E-state index contributed by atoms with van der Waals surface area (Å²) >= 11 is 0. The second kappa shape index (κ2) is 11.3. The van der Waals surface area contributed by atoms with Crippen molar-refractivity contribution >= 4 is 23.2 Å². The molecule has 204 valence electrons. The number of hydrogen-bond acceptors (Lipinski definition) is 9. The van der Waals surface area contributed by atoms with Gasteiger partial charge in [0.05, 0.1) is 29.2 Å². The lowest BCUT2D eigenvalue weighted by Gasteiger charge is -2.32. The summed E-state index contributed by atoms with van der Waals surface area (Å²) in [4.78, 5) is 25.9. The van der Waals surface area contributed by atoms with E-state index in [0.717, 1.165) is 22.4 Å². The number of alkyl halides is 2. The predicted octanol–water partition coefficient (Wildman–Crippen LogP) is 2.50. The number of carbonyl (C=O) groups is 1. The molecule has 0 spiro atoms. The molecule has 2 aliphatic rings. The third-order valence-corrected chi connectivity index (χ3v) is 7.02. The first-order valence-corrected chi connectivity index (χ1v) is 12.7. The van der Waals surface area contributed by atoms with Crippen molar-refractivity contribution in [2.24, 2.45) is 0 Å². The van der Waals surface area contributed by atoms with Crippen molar-refractivity contribution in [2.75, 3.05) is 57.0 Å². The van der Waals surface area contributed by atoms with Crippen LogP contribution in [0.1, 0.15) is 34.0 Å². The first kappa shape index (κ1) is 26.5. The summed E-state index contributed by atoms with van der Waals surface area (Å²) in [5.74, 6) is -0.313. The number of amides is 1. The van der Waals surface area contributed by atoms with Gasteiger partial charge in [0.1, 0.15) is 12.6 Å². The SMILES string of the molecule is CN1CCN(C(=O)c2nn(CC(F)F)cc2Nc2nccc(-c3cc(C#N)c4c(c3)[C@H](CO)CCN4)n2)CC1. The van der Waals surface area contributed by atoms with E-state index in [0.29, 0.717) is 49.5 Å². The second-order valence-electron chi connectivity index (χ2n) is 9.69. The molecule has 39 heavy (non-hydrogen) atoms. The number of piperazine rings is 1. The highest BCUT2D eigenvalue weighted by Gasteiger charge is 2.27. The van der Waals surface area contributed by atoms with Crippen LogP contribution in [-0.4, -0.2) is 93.4 Å². The first-order chi connectivity index (χ1) is 18.9. The number of rotatable bonds is 7. The zero-order valence-corrected chi connectivity index (χ0v) is 21.4. The minimum Gasteiger partial charge on any atom is -0.396 e. The zero-order valence-electron chi connectivity index (χ0n) is 21.4.